The Kier molecular flexibility index (Phi) is 4.91. The summed E-state index contributed by atoms with van der Waals surface area (Å²) in [7, 11) is 1.28. The Morgan fingerprint density at radius 2 is 2.25 bits per heavy atom. The van der Waals surface area contributed by atoms with Gasteiger partial charge in [-0.1, -0.05) is 0 Å². The number of carboxylic acid groups (broad SMARTS) is 1. The van der Waals surface area contributed by atoms with Crippen molar-refractivity contribution in [1.29, 1.82) is 0 Å². The Morgan fingerprint density at radius 3 is 2.88 bits per heavy atom. The molecular formula is C10H12O5S. The van der Waals surface area contributed by atoms with Gasteiger partial charge in [-0.15, -0.1) is 0 Å². The van der Waals surface area contributed by atoms with E-state index in [4.69, 9.17) is 9.52 Å². The van der Waals surface area contributed by atoms with E-state index >= 15 is 0 Å². The Labute approximate surface area is 96.8 Å². The van der Waals surface area contributed by atoms with Gasteiger partial charge in [0.2, 0.25) is 5.76 Å². The summed E-state index contributed by atoms with van der Waals surface area (Å²) >= 11 is 1.44. The van der Waals surface area contributed by atoms with E-state index in [0.29, 0.717) is 17.3 Å². The molecule has 0 saturated carbocycles. The number of ether oxygens (including phenoxy) is 1. The van der Waals surface area contributed by atoms with E-state index in [1.165, 1.54) is 18.9 Å². The average molecular weight is 244 g/mol. The molecule has 1 rings (SSSR count). The van der Waals surface area contributed by atoms with Gasteiger partial charge in [-0.2, -0.15) is 11.8 Å². The van der Waals surface area contributed by atoms with Crippen LogP contribution < -0.4 is 0 Å². The molecular weight excluding hydrogens is 232 g/mol. The molecule has 0 radical (unpaired) electrons. The van der Waals surface area contributed by atoms with Crippen LogP contribution in [0.2, 0.25) is 0 Å². The Hall–Kier alpha value is -1.43. The number of carbonyl (C=O) groups excluding carboxylic acids is 1. The van der Waals surface area contributed by atoms with Crippen LogP contribution in [0.1, 0.15) is 22.7 Å². The lowest BCUT2D eigenvalue weighted by Crippen LogP contribution is -1.98. The predicted molar refractivity (Wildman–Crippen MR) is 58.5 cm³/mol. The summed E-state index contributed by atoms with van der Waals surface area (Å²) in [4.78, 5) is 21.3. The molecule has 0 aromatic carbocycles. The fourth-order valence-corrected chi connectivity index (χ4v) is 1.82. The highest BCUT2D eigenvalue weighted by atomic mass is 32.2. The first-order valence-electron chi connectivity index (χ1n) is 4.60. The highest BCUT2D eigenvalue weighted by Gasteiger charge is 2.10. The summed E-state index contributed by atoms with van der Waals surface area (Å²) in [6.45, 7) is 0. The second-order valence-corrected chi connectivity index (χ2v) is 4.06. The van der Waals surface area contributed by atoms with Gasteiger partial charge in [-0.25, -0.2) is 4.79 Å². The normalized spacial score (nSPS) is 10.1. The van der Waals surface area contributed by atoms with E-state index in [9.17, 15) is 9.59 Å². The number of thioether (sulfide) groups is 1. The lowest BCUT2D eigenvalue weighted by Gasteiger charge is -1.96. The van der Waals surface area contributed by atoms with Crippen LogP contribution in [0.5, 0.6) is 0 Å². The van der Waals surface area contributed by atoms with Crippen LogP contribution in [0.15, 0.2) is 16.5 Å². The zero-order chi connectivity index (χ0) is 12.0. The van der Waals surface area contributed by atoms with Gasteiger partial charge in [-0.05, 0) is 12.1 Å². The zero-order valence-corrected chi connectivity index (χ0v) is 9.58. The van der Waals surface area contributed by atoms with E-state index in [2.05, 4.69) is 4.74 Å². The first-order valence-corrected chi connectivity index (χ1v) is 5.75. The lowest BCUT2D eigenvalue weighted by molar-refractivity contribution is -0.136. The summed E-state index contributed by atoms with van der Waals surface area (Å²) in [6.07, 6.45) is 0.120. The number of hydrogen-bond acceptors (Lipinski definition) is 5. The van der Waals surface area contributed by atoms with E-state index < -0.39 is 11.9 Å². The molecule has 16 heavy (non-hydrogen) atoms. The molecule has 6 heteroatoms. The molecule has 0 atom stereocenters. The second kappa shape index (κ2) is 6.22. The number of aliphatic carboxylic acids is 1. The molecule has 88 valence electrons. The molecule has 0 saturated heterocycles. The summed E-state index contributed by atoms with van der Waals surface area (Å²) in [6, 6.07) is 3.22. The molecule has 1 N–H and O–H groups in total. The zero-order valence-electron chi connectivity index (χ0n) is 8.76. The number of carbonyl (C=O) groups is 2. The van der Waals surface area contributed by atoms with E-state index in [1.54, 1.807) is 12.1 Å². The summed E-state index contributed by atoms with van der Waals surface area (Å²) in [5.74, 6) is 0.532. The molecule has 0 aliphatic carbocycles. The van der Waals surface area contributed by atoms with Gasteiger partial charge in [-0.3, -0.25) is 4.79 Å². The third-order valence-electron chi connectivity index (χ3n) is 1.75. The van der Waals surface area contributed by atoms with Crippen LogP contribution in [0.25, 0.3) is 0 Å². The fraction of sp³-hybridized carbons (Fsp3) is 0.400. The van der Waals surface area contributed by atoms with Gasteiger partial charge >= 0.3 is 11.9 Å². The Balaban J connectivity index is 2.35. The molecule has 0 aliphatic rings. The van der Waals surface area contributed by atoms with Crippen molar-refractivity contribution in [1.82, 2.24) is 0 Å². The van der Waals surface area contributed by atoms with Gasteiger partial charge in [0.15, 0.2) is 0 Å². The Bertz CT molecular complexity index is 371. The minimum atomic E-state index is -0.817. The van der Waals surface area contributed by atoms with Gasteiger partial charge in [0, 0.05) is 5.75 Å². The van der Waals surface area contributed by atoms with Crippen molar-refractivity contribution in [2.24, 2.45) is 0 Å². The molecule has 1 aromatic heterocycles. The van der Waals surface area contributed by atoms with Crippen molar-refractivity contribution < 1.29 is 23.8 Å². The summed E-state index contributed by atoms with van der Waals surface area (Å²) in [5.41, 5.74) is 0. The van der Waals surface area contributed by atoms with Gasteiger partial charge in [0.05, 0.1) is 19.3 Å². The summed E-state index contributed by atoms with van der Waals surface area (Å²) < 4.78 is 9.69. The third kappa shape index (κ3) is 3.98. The molecule has 0 amide bonds. The van der Waals surface area contributed by atoms with Gasteiger partial charge in [0.1, 0.15) is 5.76 Å². The van der Waals surface area contributed by atoms with Crippen molar-refractivity contribution in [3.05, 3.63) is 23.7 Å². The smallest absolute Gasteiger partial charge is 0.373 e. The first kappa shape index (κ1) is 12.6. The maximum Gasteiger partial charge on any atom is 0.373 e. The number of esters is 1. The van der Waals surface area contributed by atoms with Crippen molar-refractivity contribution >= 4 is 23.7 Å². The Morgan fingerprint density at radius 1 is 1.50 bits per heavy atom. The maximum atomic E-state index is 11.0. The van der Waals surface area contributed by atoms with E-state index in [1.807, 2.05) is 0 Å². The van der Waals surface area contributed by atoms with E-state index in [-0.39, 0.29) is 12.2 Å². The highest BCUT2D eigenvalue weighted by Crippen LogP contribution is 2.16. The van der Waals surface area contributed by atoms with Crippen LogP contribution in [0.3, 0.4) is 0 Å². The number of carboxylic acids is 1. The van der Waals surface area contributed by atoms with Crippen LogP contribution in [-0.2, 0) is 15.3 Å². The molecule has 0 spiro atoms. The highest BCUT2D eigenvalue weighted by molar-refractivity contribution is 7.98. The average Bonchev–Trinajstić information content (AvgIpc) is 2.71. The third-order valence-corrected chi connectivity index (χ3v) is 2.73. The molecule has 0 aliphatic heterocycles. The first-order chi connectivity index (χ1) is 7.63. The molecule has 1 aromatic rings. The standard InChI is InChI=1S/C10H12O5S/c1-14-10(13)8-3-2-7(15-8)6-16-5-4-9(11)12/h2-3H,4-6H2,1H3,(H,11,12). The number of rotatable bonds is 6. The SMILES string of the molecule is COC(=O)c1ccc(CSCCC(=O)O)o1. The lowest BCUT2D eigenvalue weighted by atomic mass is 10.4. The van der Waals surface area contributed by atoms with Crippen LogP contribution in [0.4, 0.5) is 0 Å². The molecule has 0 bridgehead atoms. The number of hydrogen-bond donors (Lipinski definition) is 1. The molecule has 0 fully saturated rings. The van der Waals surface area contributed by atoms with Crippen LogP contribution >= 0.6 is 11.8 Å². The van der Waals surface area contributed by atoms with E-state index in [0.717, 1.165) is 0 Å². The van der Waals surface area contributed by atoms with Crippen molar-refractivity contribution in [3.8, 4) is 0 Å². The largest absolute Gasteiger partial charge is 0.481 e. The second-order valence-electron chi connectivity index (χ2n) is 2.95. The maximum absolute atomic E-state index is 11.0. The molecule has 0 unspecified atom stereocenters. The van der Waals surface area contributed by atoms with Crippen LogP contribution in [-0.4, -0.2) is 29.9 Å². The monoisotopic (exact) mass is 244 g/mol. The molecule has 5 nitrogen and oxygen atoms in total. The van der Waals surface area contributed by atoms with Gasteiger partial charge < -0.3 is 14.3 Å². The summed E-state index contributed by atoms with van der Waals surface area (Å²) in [5, 5.41) is 8.42. The fourth-order valence-electron chi connectivity index (χ4n) is 0.998. The van der Waals surface area contributed by atoms with Gasteiger partial charge in [0.25, 0.3) is 0 Å². The topological polar surface area (TPSA) is 76.7 Å². The predicted octanol–water partition coefficient (Wildman–Crippen LogP) is 1.77. The number of furan rings is 1. The van der Waals surface area contributed by atoms with Crippen molar-refractivity contribution in [2.75, 3.05) is 12.9 Å². The van der Waals surface area contributed by atoms with Crippen LogP contribution in [0, 0.1) is 0 Å². The number of methoxy groups -OCH3 is 1. The minimum Gasteiger partial charge on any atom is -0.481 e. The van der Waals surface area contributed by atoms with Crippen molar-refractivity contribution in [2.45, 2.75) is 12.2 Å². The van der Waals surface area contributed by atoms with Crippen molar-refractivity contribution in [3.63, 3.8) is 0 Å². The minimum absolute atomic E-state index is 0.120. The quantitative estimate of drug-likeness (QED) is 0.607. The molecule has 1 heterocycles.